The van der Waals surface area contributed by atoms with Crippen molar-refractivity contribution in [2.45, 2.75) is 24.7 Å². The van der Waals surface area contributed by atoms with Crippen LogP contribution in [0.5, 0.6) is 0 Å². The lowest BCUT2D eigenvalue weighted by molar-refractivity contribution is -0.134. The summed E-state index contributed by atoms with van der Waals surface area (Å²) >= 11 is 0. The molecule has 8 heteroatoms. The van der Waals surface area contributed by atoms with Gasteiger partial charge in [-0.25, -0.2) is 13.6 Å². The van der Waals surface area contributed by atoms with Gasteiger partial charge < -0.3 is 15.2 Å². The maximum absolute atomic E-state index is 10.9. The highest BCUT2D eigenvalue weighted by atomic mass is 32.2. The molecule has 0 amide bonds. The van der Waals surface area contributed by atoms with Crippen LogP contribution >= 0.6 is 0 Å². The van der Waals surface area contributed by atoms with Crippen molar-refractivity contribution in [3.63, 3.8) is 0 Å². The molecule has 0 aromatic rings. The summed E-state index contributed by atoms with van der Waals surface area (Å²) < 4.78 is 26.9. The van der Waals surface area contributed by atoms with E-state index in [2.05, 4.69) is 5.32 Å². The highest BCUT2D eigenvalue weighted by molar-refractivity contribution is 7.89. The van der Waals surface area contributed by atoms with Gasteiger partial charge in [0.05, 0.1) is 11.4 Å². The van der Waals surface area contributed by atoms with Crippen molar-refractivity contribution < 1.29 is 23.1 Å². The molecule has 0 bridgehead atoms. The molecule has 0 aromatic carbocycles. The minimum Gasteiger partial charge on any atom is -0.481 e. The minimum atomic E-state index is -3.41. The average molecular weight is 254 g/mol. The van der Waals surface area contributed by atoms with Crippen LogP contribution in [-0.4, -0.2) is 51.0 Å². The zero-order chi connectivity index (χ0) is 12.8. The van der Waals surface area contributed by atoms with E-state index in [0.29, 0.717) is 19.5 Å². The van der Waals surface area contributed by atoms with Crippen LogP contribution in [0.3, 0.4) is 0 Å². The number of carboxylic acid groups (broad SMARTS) is 1. The molecule has 1 heterocycles. The van der Waals surface area contributed by atoms with E-state index in [0.717, 1.165) is 6.92 Å². The SMILES string of the molecule is CC(=O)O.CO[C@@H]1CNC[C@H](S(N)(=O)=O)C1. The van der Waals surface area contributed by atoms with Crippen LogP contribution in [0.1, 0.15) is 13.3 Å². The predicted molar refractivity (Wildman–Crippen MR) is 58.5 cm³/mol. The van der Waals surface area contributed by atoms with Gasteiger partial charge in [-0.05, 0) is 6.42 Å². The van der Waals surface area contributed by atoms with Gasteiger partial charge in [-0.1, -0.05) is 0 Å². The molecule has 0 spiro atoms. The lowest BCUT2D eigenvalue weighted by atomic mass is 10.1. The number of carbonyl (C=O) groups is 1. The third-order valence-electron chi connectivity index (χ3n) is 2.07. The second kappa shape index (κ2) is 6.79. The Kier molecular flexibility index (Phi) is 6.49. The molecule has 7 nitrogen and oxygen atoms in total. The molecule has 16 heavy (non-hydrogen) atoms. The van der Waals surface area contributed by atoms with Crippen LogP contribution in [-0.2, 0) is 19.6 Å². The smallest absolute Gasteiger partial charge is 0.300 e. The number of primary sulfonamides is 1. The van der Waals surface area contributed by atoms with Crippen molar-refractivity contribution in [2.75, 3.05) is 20.2 Å². The number of hydrogen-bond donors (Lipinski definition) is 3. The highest BCUT2D eigenvalue weighted by Crippen LogP contribution is 2.11. The number of hydrogen-bond acceptors (Lipinski definition) is 5. The lowest BCUT2D eigenvalue weighted by Gasteiger charge is -2.27. The molecule has 1 saturated heterocycles. The number of ether oxygens (including phenoxy) is 1. The van der Waals surface area contributed by atoms with Crippen molar-refractivity contribution in [1.29, 1.82) is 0 Å². The Balaban J connectivity index is 0.000000487. The summed E-state index contributed by atoms with van der Waals surface area (Å²) in [5, 5.41) is 14.9. The van der Waals surface area contributed by atoms with Crippen LogP contribution in [0.2, 0.25) is 0 Å². The van der Waals surface area contributed by atoms with Crippen LogP contribution in [0.25, 0.3) is 0 Å². The number of piperidine rings is 1. The third kappa shape index (κ3) is 6.72. The van der Waals surface area contributed by atoms with Gasteiger partial charge in [0, 0.05) is 27.1 Å². The predicted octanol–water partition coefficient (Wildman–Crippen LogP) is -1.26. The van der Waals surface area contributed by atoms with Crippen LogP contribution < -0.4 is 10.5 Å². The number of nitrogens with two attached hydrogens (primary N) is 1. The number of methoxy groups -OCH3 is 1. The zero-order valence-corrected chi connectivity index (χ0v) is 10.2. The van der Waals surface area contributed by atoms with Gasteiger partial charge in [-0.3, -0.25) is 4.79 Å². The maximum atomic E-state index is 10.9. The van der Waals surface area contributed by atoms with Crippen molar-refractivity contribution in [2.24, 2.45) is 5.14 Å². The molecule has 0 radical (unpaired) electrons. The molecule has 1 aliphatic heterocycles. The normalized spacial score (nSPS) is 25.4. The summed E-state index contributed by atoms with van der Waals surface area (Å²) in [5.74, 6) is -0.833. The lowest BCUT2D eigenvalue weighted by Crippen LogP contribution is -2.48. The summed E-state index contributed by atoms with van der Waals surface area (Å²) in [7, 11) is -1.84. The summed E-state index contributed by atoms with van der Waals surface area (Å²) in [6.07, 6.45) is 0.449. The molecule has 0 saturated carbocycles. The fraction of sp³-hybridized carbons (Fsp3) is 0.875. The summed E-state index contributed by atoms with van der Waals surface area (Å²) in [6, 6.07) is 0. The first-order valence-electron chi connectivity index (χ1n) is 4.72. The molecule has 0 aliphatic carbocycles. The first-order valence-corrected chi connectivity index (χ1v) is 6.33. The number of nitrogens with one attached hydrogen (secondary N) is 1. The van der Waals surface area contributed by atoms with Crippen LogP contribution in [0, 0.1) is 0 Å². The Morgan fingerprint density at radius 1 is 1.50 bits per heavy atom. The molecular weight excluding hydrogens is 236 g/mol. The molecule has 1 aliphatic rings. The average Bonchev–Trinajstić information content (AvgIpc) is 2.16. The third-order valence-corrected chi connectivity index (χ3v) is 3.36. The topological polar surface area (TPSA) is 119 Å². The molecule has 0 aromatic heterocycles. The van der Waals surface area contributed by atoms with E-state index >= 15 is 0 Å². The standard InChI is InChI=1S/C6H14N2O3S.C2H4O2/c1-11-5-2-6(4-8-3-5)12(7,9)10;1-2(3)4/h5-6,8H,2-4H2,1H3,(H2,7,9,10);1H3,(H,3,4)/t5-,6+;/m0./s1. The Morgan fingerprint density at radius 2 is 2.00 bits per heavy atom. The van der Waals surface area contributed by atoms with Crippen molar-refractivity contribution in [3.8, 4) is 0 Å². The molecule has 96 valence electrons. The number of sulfonamides is 1. The second-order valence-corrected chi connectivity index (χ2v) is 5.33. The number of aliphatic carboxylic acids is 1. The van der Waals surface area contributed by atoms with Crippen molar-refractivity contribution in [1.82, 2.24) is 5.32 Å². The van der Waals surface area contributed by atoms with Gasteiger partial charge in [0.2, 0.25) is 10.0 Å². The highest BCUT2D eigenvalue weighted by Gasteiger charge is 2.28. The Morgan fingerprint density at radius 3 is 2.38 bits per heavy atom. The van der Waals surface area contributed by atoms with Crippen molar-refractivity contribution >= 4 is 16.0 Å². The summed E-state index contributed by atoms with van der Waals surface area (Å²) in [6.45, 7) is 2.21. The van der Waals surface area contributed by atoms with Crippen LogP contribution in [0.4, 0.5) is 0 Å². The van der Waals surface area contributed by atoms with Gasteiger partial charge in [0.15, 0.2) is 0 Å². The quantitative estimate of drug-likeness (QED) is 0.566. The fourth-order valence-corrected chi connectivity index (χ4v) is 2.13. The number of carboxylic acids is 1. The van der Waals surface area contributed by atoms with Gasteiger partial charge in [-0.2, -0.15) is 0 Å². The van der Waals surface area contributed by atoms with Crippen molar-refractivity contribution in [3.05, 3.63) is 0 Å². The fourth-order valence-electron chi connectivity index (χ4n) is 1.30. The largest absolute Gasteiger partial charge is 0.481 e. The van der Waals surface area contributed by atoms with E-state index in [9.17, 15) is 8.42 Å². The Labute approximate surface area is 95.0 Å². The van der Waals surface area contributed by atoms with E-state index in [4.69, 9.17) is 19.8 Å². The Hall–Kier alpha value is -0.700. The first-order chi connectivity index (χ1) is 7.27. The van der Waals surface area contributed by atoms with E-state index in [-0.39, 0.29) is 6.10 Å². The van der Waals surface area contributed by atoms with E-state index in [1.54, 1.807) is 7.11 Å². The summed E-state index contributed by atoms with van der Waals surface area (Å²) in [4.78, 5) is 9.00. The van der Waals surface area contributed by atoms with Gasteiger partial charge in [0.1, 0.15) is 0 Å². The van der Waals surface area contributed by atoms with E-state index in [1.807, 2.05) is 0 Å². The molecular formula is C8H18N2O5S. The first kappa shape index (κ1) is 15.3. The Bertz CT molecular complexity index is 312. The minimum absolute atomic E-state index is 0.0397. The molecule has 2 atom stereocenters. The van der Waals surface area contributed by atoms with Gasteiger partial charge >= 0.3 is 0 Å². The molecule has 4 N–H and O–H groups in total. The molecule has 1 fully saturated rings. The maximum Gasteiger partial charge on any atom is 0.300 e. The van der Waals surface area contributed by atoms with Crippen LogP contribution in [0.15, 0.2) is 0 Å². The molecule has 0 unspecified atom stereocenters. The van der Waals surface area contributed by atoms with Gasteiger partial charge in [-0.15, -0.1) is 0 Å². The van der Waals surface area contributed by atoms with Gasteiger partial charge in [0.25, 0.3) is 5.97 Å². The van der Waals surface area contributed by atoms with E-state index < -0.39 is 21.2 Å². The summed E-state index contributed by atoms with van der Waals surface area (Å²) in [5.41, 5.74) is 0. The zero-order valence-electron chi connectivity index (χ0n) is 9.34. The monoisotopic (exact) mass is 254 g/mol. The molecule has 1 rings (SSSR count). The second-order valence-electron chi connectivity index (χ2n) is 3.48. The van der Waals surface area contributed by atoms with E-state index in [1.165, 1.54) is 0 Å². The number of rotatable bonds is 2.